The topological polar surface area (TPSA) is 27.7 Å². The van der Waals surface area contributed by atoms with Crippen LogP contribution in [0.2, 0.25) is 0 Å². The van der Waals surface area contributed by atoms with Gasteiger partial charge in [0.15, 0.2) is 0 Å². The molecule has 3 heterocycles. The Morgan fingerprint density at radius 1 is 0.413 bits per heavy atom. The van der Waals surface area contributed by atoms with E-state index in [2.05, 4.69) is 202 Å². The SMILES string of the molecule is CC(C)=CCC[C@]1(C)C=Cc2c(ccc3cc(-c4cc5ccc6c(c5cc4-c4ccc5c7c(ccc5c4)O[C@](C)(CCC=C(C)C)C=C7)C=C[C@@](C)(CCC=C(C)C)O6)ccc23)O1. The van der Waals surface area contributed by atoms with Crippen molar-refractivity contribution in [3.8, 4) is 39.5 Å². The standard InChI is InChI=1S/C60H62O3/c1-39(2)13-10-29-58(7)32-26-49-47-21-16-44(35-42(47)18-23-55(49)61-58)52-37-46-20-25-57-51(28-34-60(9,63-57)31-12-15-41(5)6)53(46)38-54(52)45-17-22-48-43(36-45)19-24-56-50(48)27-33-59(8,62-56)30-11-14-40(3)4/h13-28,32-38H,10-12,29-31H2,1-9H3/t58-,59-,60-/m1/s1. The summed E-state index contributed by atoms with van der Waals surface area (Å²) in [6, 6.07) is 31.8. The summed E-state index contributed by atoms with van der Waals surface area (Å²) in [4.78, 5) is 0. The number of ether oxygens (including phenoxy) is 3. The van der Waals surface area contributed by atoms with E-state index >= 15 is 0 Å². The quantitative estimate of drug-likeness (QED) is 0.122. The lowest BCUT2D eigenvalue weighted by molar-refractivity contribution is 0.128. The van der Waals surface area contributed by atoms with E-state index in [1.807, 2.05) is 0 Å². The summed E-state index contributed by atoms with van der Waals surface area (Å²) < 4.78 is 20.2. The number of rotatable bonds is 11. The number of benzene rings is 6. The first-order chi connectivity index (χ1) is 30.2. The van der Waals surface area contributed by atoms with E-state index in [-0.39, 0.29) is 16.8 Å². The van der Waals surface area contributed by atoms with Crippen molar-refractivity contribution in [1.29, 1.82) is 0 Å². The Labute approximate surface area is 375 Å². The molecule has 6 aromatic carbocycles. The molecule has 0 radical (unpaired) electrons. The van der Waals surface area contributed by atoms with Crippen LogP contribution >= 0.6 is 0 Å². The van der Waals surface area contributed by atoms with Crippen molar-refractivity contribution >= 4 is 50.5 Å². The summed E-state index contributed by atoms with van der Waals surface area (Å²) in [5.41, 5.74) is 11.2. The van der Waals surface area contributed by atoms with E-state index in [4.69, 9.17) is 14.2 Å². The number of fused-ring (bicyclic) bond motifs is 9. The minimum absolute atomic E-state index is 0.329. The second-order valence-corrected chi connectivity index (χ2v) is 19.6. The molecule has 3 nitrogen and oxygen atoms in total. The van der Waals surface area contributed by atoms with E-state index in [0.717, 1.165) is 72.5 Å². The fourth-order valence-electron chi connectivity index (χ4n) is 9.62. The van der Waals surface area contributed by atoms with Gasteiger partial charge in [-0.15, -0.1) is 0 Å². The van der Waals surface area contributed by atoms with Gasteiger partial charge in [-0.3, -0.25) is 0 Å². The Morgan fingerprint density at radius 3 is 1.14 bits per heavy atom. The fraction of sp³-hybridized carbons (Fsp3) is 0.300. The highest BCUT2D eigenvalue weighted by molar-refractivity contribution is 6.05. The third-order valence-electron chi connectivity index (χ3n) is 13.2. The van der Waals surface area contributed by atoms with E-state index in [9.17, 15) is 0 Å². The zero-order chi connectivity index (χ0) is 44.1. The molecule has 0 fully saturated rings. The maximum atomic E-state index is 6.81. The lowest BCUT2D eigenvalue weighted by Crippen LogP contribution is -2.31. The van der Waals surface area contributed by atoms with Crippen molar-refractivity contribution in [2.24, 2.45) is 0 Å². The van der Waals surface area contributed by atoms with Crippen LogP contribution in [-0.2, 0) is 0 Å². The van der Waals surface area contributed by atoms with Crippen LogP contribution in [0.25, 0.3) is 72.8 Å². The van der Waals surface area contributed by atoms with Gasteiger partial charge in [-0.05, 0) is 216 Å². The lowest BCUT2D eigenvalue weighted by Gasteiger charge is -2.32. The van der Waals surface area contributed by atoms with Gasteiger partial charge in [-0.2, -0.15) is 0 Å². The molecule has 3 aliphatic heterocycles. The Balaban J connectivity index is 1.13. The largest absolute Gasteiger partial charge is 0.483 e. The summed E-state index contributed by atoms with van der Waals surface area (Å²) in [7, 11) is 0. The molecule has 320 valence electrons. The fourth-order valence-corrected chi connectivity index (χ4v) is 9.62. The molecule has 0 saturated carbocycles. The maximum Gasteiger partial charge on any atom is 0.128 e. The minimum atomic E-state index is -0.358. The van der Waals surface area contributed by atoms with Gasteiger partial charge in [0.25, 0.3) is 0 Å². The zero-order valence-corrected chi connectivity index (χ0v) is 38.7. The molecule has 0 N–H and O–H groups in total. The van der Waals surface area contributed by atoms with Crippen LogP contribution in [0.5, 0.6) is 17.2 Å². The molecule has 6 aromatic rings. The first-order valence-corrected chi connectivity index (χ1v) is 23.0. The van der Waals surface area contributed by atoms with Gasteiger partial charge in [0.1, 0.15) is 34.1 Å². The number of hydrogen-bond donors (Lipinski definition) is 0. The maximum absolute atomic E-state index is 6.81. The summed E-state index contributed by atoms with van der Waals surface area (Å²) in [6.45, 7) is 19.5. The number of hydrogen-bond acceptors (Lipinski definition) is 3. The van der Waals surface area contributed by atoms with Crippen LogP contribution in [0.4, 0.5) is 0 Å². The molecule has 0 bridgehead atoms. The zero-order valence-electron chi connectivity index (χ0n) is 38.7. The summed E-state index contributed by atoms with van der Waals surface area (Å²) in [5, 5.41) is 7.15. The highest BCUT2D eigenvalue weighted by Crippen LogP contribution is 2.46. The third kappa shape index (κ3) is 8.68. The molecule has 3 atom stereocenters. The van der Waals surface area contributed by atoms with Gasteiger partial charge in [0.05, 0.1) is 0 Å². The van der Waals surface area contributed by atoms with E-state index < -0.39 is 0 Å². The second kappa shape index (κ2) is 16.6. The van der Waals surface area contributed by atoms with Crippen molar-refractivity contribution in [3.63, 3.8) is 0 Å². The molecule has 63 heavy (non-hydrogen) atoms. The average Bonchev–Trinajstić information content (AvgIpc) is 3.24. The van der Waals surface area contributed by atoms with Crippen LogP contribution in [-0.4, -0.2) is 16.8 Å². The van der Waals surface area contributed by atoms with Gasteiger partial charge < -0.3 is 14.2 Å². The van der Waals surface area contributed by atoms with Gasteiger partial charge in [0, 0.05) is 16.7 Å². The van der Waals surface area contributed by atoms with E-state index in [1.54, 1.807) is 0 Å². The lowest BCUT2D eigenvalue weighted by atomic mass is 9.86. The highest BCUT2D eigenvalue weighted by atomic mass is 16.5. The molecule has 3 aliphatic rings. The Bertz CT molecular complexity index is 2970. The third-order valence-corrected chi connectivity index (χ3v) is 13.2. The smallest absolute Gasteiger partial charge is 0.128 e. The minimum Gasteiger partial charge on any atom is -0.483 e. The van der Waals surface area contributed by atoms with Crippen molar-refractivity contribution in [3.05, 3.63) is 155 Å². The van der Waals surface area contributed by atoms with Crippen LogP contribution in [0, 0.1) is 0 Å². The molecule has 0 unspecified atom stereocenters. The van der Waals surface area contributed by atoms with Crippen LogP contribution < -0.4 is 14.2 Å². The van der Waals surface area contributed by atoms with Gasteiger partial charge >= 0.3 is 0 Å². The van der Waals surface area contributed by atoms with Crippen molar-refractivity contribution in [2.75, 3.05) is 0 Å². The van der Waals surface area contributed by atoms with Gasteiger partial charge in [-0.25, -0.2) is 0 Å². The molecular formula is C60H62O3. The average molecular weight is 831 g/mol. The first-order valence-electron chi connectivity index (χ1n) is 23.0. The Morgan fingerprint density at radius 2 is 0.762 bits per heavy atom. The molecular weight excluding hydrogens is 769 g/mol. The predicted octanol–water partition coefficient (Wildman–Crippen LogP) is 17.2. The normalized spacial score (nSPS) is 20.6. The molecule has 0 saturated heterocycles. The van der Waals surface area contributed by atoms with Crippen molar-refractivity contribution in [2.45, 2.75) is 118 Å². The van der Waals surface area contributed by atoms with E-state index in [0.29, 0.717) is 0 Å². The van der Waals surface area contributed by atoms with Crippen molar-refractivity contribution < 1.29 is 14.2 Å². The molecule has 0 aliphatic carbocycles. The molecule has 3 heteroatoms. The van der Waals surface area contributed by atoms with E-state index in [1.165, 1.54) is 71.3 Å². The van der Waals surface area contributed by atoms with Crippen LogP contribution in [0.3, 0.4) is 0 Å². The number of allylic oxidation sites excluding steroid dienone is 6. The summed E-state index contributed by atoms with van der Waals surface area (Å²) in [5.74, 6) is 2.83. The van der Waals surface area contributed by atoms with Crippen molar-refractivity contribution in [1.82, 2.24) is 0 Å². The molecule has 9 rings (SSSR count). The molecule has 0 spiro atoms. The van der Waals surface area contributed by atoms with Gasteiger partial charge in [-0.1, -0.05) is 95.6 Å². The molecule has 0 aromatic heterocycles. The predicted molar refractivity (Wildman–Crippen MR) is 270 cm³/mol. The summed E-state index contributed by atoms with van der Waals surface area (Å²) >= 11 is 0. The first kappa shape index (κ1) is 42.3. The van der Waals surface area contributed by atoms with Crippen LogP contribution in [0.1, 0.15) is 118 Å². The van der Waals surface area contributed by atoms with Gasteiger partial charge in [0.2, 0.25) is 0 Å². The molecule has 0 amide bonds. The highest BCUT2D eigenvalue weighted by Gasteiger charge is 2.30. The monoisotopic (exact) mass is 830 g/mol. The Hall–Kier alpha value is -6.06. The Kier molecular flexibility index (Phi) is 11.1. The summed E-state index contributed by atoms with van der Waals surface area (Å²) in [6.07, 6.45) is 26.3. The van der Waals surface area contributed by atoms with Crippen LogP contribution in [0.15, 0.2) is 138 Å². The second-order valence-electron chi connectivity index (χ2n) is 19.6.